The monoisotopic (exact) mass is 690 g/mol. The minimum absolute atomic E-state index is 0.174. The van der Waals surface area contributed by atoms with Crippen molar-refractivity contribution in [3.05, 3.63) is 54.1 Å². The van der Waals surface area contributed by atoms with E-state index in [4.69, 9.17) is 20.7 Å². The number of nitrogens with one attached hydrogen (secondary N) is 1. The zero-order valence-corrected chi connectivity index (χ0v) is 27.3. The predicted octanol–water partition coefficient (Wildman–Crippen LogP) is 0.871. The molecule has 0 aliphatic heterocycles. The van der Waals surface area contributed by atoms with Crippen LogP contribution in [-0.2, 0) is 25.4 Å². The maximum atomic E-state index is 13.1. The third kappa shape index (κ3) is 10.6. The molecule has 254 valence electrons. The van der Waals surface area contributed by atoms with Gasteiger partial charge in [-0.1, -0.05) is 6.07 Å². The second kappa shape index (κ2) is 16.8. The molecular formula is C28H37N9O8PS-. The number of nitrogens with two attached hydrogens (primary N) is 1. The predicted molar refractivity (Wildman–Crippen MR) is 166 cm³/mol. The average Bonchev–Trinajstić information content (AvgIpc) is 3.78. The topological polar surface area (TPSA) is 263 Å². The van der Waals surface area contributed by atoms with Crippen molar-refractivity contribution >= 4 is 36.7 Å². The third-order valence-electron chi connectivity index (χ3n) is 7.03. The van der Waals surface area contributed by atoms with Crippen molar-refractivity contribution in [2.75, 3.05) is 18.5 Å². The number of carboxylic acids is 1. The largest absolute Gasteiger partial charge is 0.790 e. The van der Waals surface area contributed by atoms with Gasteiger partial charge in [0.15, 0.2) is 0 Å². The summed E-state index contributed by atoms with van der Waals surface area (Å²) in [5.74, 6) is -1.33. The normalized spacial score (nSPS) is 16.5. The highest BCUT2D eigenvalue weighted by Crippen LogP contribution is 2.37. The van der Waals surface area contributed by atoms with Crippen LogP contribution in [0.2, 0.25) is 0 Å². The van der Waals surface area contributed by atoms with E-state index < -0.39 is 32.5 Å². The fourth-order valence-corrected chi connectivity index (χ4v) is 5.56. The Hall–Kier alpha value is -3.87. The molecule has 0 saturated heterocycles. The summed E-state index contributed by atoms with van der Waals surface area (Å²) in [6, 6.07) is 4.97. The van der Waals surface area contributed by atoms with Gasteiger partial charge in [-0.3, -0.25) is 19.3 Å². The van der Waals surface area contributed by atoms with E-state index >= 15 is 0 Å². The number of phosphoric acid groups is 1. The average molecular weight is 691 g/mol. The van der Waals surface area contributed by atoms with E-state index in [0.29, 0.717) is 40.7 Å². The number of hydrogen-bond donors (Lipinski definition) is 4. The fourth-order valence-electron chi connectivity index (χ4n) is 4.52. The van der Waals surface area contributed by atoms with E-state index in [1.165, 1.54) is 23.7 Å². The number of carboxylic acid groups (broad SMARTS) is 1. The molecule has 4 aromatic heterocycles. The van der Waals surface area contributed by atoms with E-state index in [-0.39, 0.29) is 17.8 Å². The van der Waals surface area contributed by atoms with E-state index in [1.807, 2.05) is 29.8 Å². The van der Waals surface area contributed by atoms with Crippen molar-refractivity contribution in [1.29, 1.82) is 0 Å². The number of rotatable bonds is 15. The first-order chi connectivity index (χ1) is 22.5. The van der Waals surface area contributed by atoms with Gasteiger partial charge in [0.25, 0.3) is 5.91 Å². The molecule has 47 heavy (non-hydrogen) atoms. The molecule has 1 aliphatic carbocycles. The van der Waals surface area contributed by atoms with Crippen molar-refractivity contribution < 1.29 is 44.0 Å². The minimum Gasteiger partial charge on any atom is -0.790 e. The molecule has 1 aliphatic rings. The number of phosphoric ester groups is 1. The summed E-state index contributed by atoms with van der Waals surface area (Å²) in [7, 11) is -5.12. The summed E-state index contributed by atoms with van der Waals surface area (Å²) in [6.07, 6.45) is 10.7. The van der Waals surface area contributed by atoms with Gasteiger partial charge in [-0.05, 0) is 51.2 Å². The summed E-state index contributed by atoms with van der Waals surface area (Å²) < 4.78 is 23.5. The number of ether oxygens (including phenoxy) is 1. The molecule has 19 heteroatoms. The van der Waals surface area contributed by atoms with Crippen molar-refractivity contribution in [2.45, 2.75) is 63.9 Å². The van der Waals surface area contributed by atoms with Gasteiger partial charge in [0.1, 0.15) is 29.2 Å². The van der Waals surface area contributed by atoms with Crippen LogP contribution in [0.1, 0.15) is 55.6 Å². The fraction of sp³-hybridized carbons (Fsp3) is 0.429. The lowest BCUT2D eigenvalue weighted by Gasteiger charge is -2.34. The summed E-state index contributed by atoms with van der Waals surface area (Å²) >= 11 is 1.22. The standard InChI is InChI=1S/C22H24N7O6PS.C6H14N2O2/c1-2-34-16-7-15(8-16)29-11-18(20(27-29)17-5-3-4-6-23-17)25-21(30)19-12-37-22(26-19)14-9-24-28(10-14)13-35-36(31,32)33;7-4-2-1-3-5(8)6(9)10/h3-6,9-12,15-16H,2,7-8,13H2,1H3,(H,25,30)(H2,31,32,33);5H,1-4,7-8H2,(H,9,10)/p-1. The molecule has 4 aromatic rings. The summed E-state index contributed by atoms with van der Waals surface area (Å²) in [5.41, 5.74) is 11.3. The SMILES string of the molecule is CCOC1CC(n2cc(NC(=O)c3csc(-c4cnn(COP(=O)([O-])[O-])c4)n3)c(-c3ccccn3)n2)C1.NC(CCCC[NH3+])C(=O)O. The van der Waals surface area contributed by atoms with Gasteiger partial charge >= 0.3 is 5.97 Å². The molecule has 0 spiro atoms. The van der Waals surface area contributed by atoms with Gasteiger partial charge in [0.05, 0.1) is 44.1 Å². The van der Waals surface area contributed by atoms with Gasteiger partial charge in [-0.15, -0.1) is 11.3 Å². The van der Waals surface area contributed by atoms with Crippen LogP contribution >= 0.6 is 19.2 Å². The summed E-state index contributed by atoms with van der Waals surface area (Å²) in [5, 5.41) is 22.0. The molecule has 0 bridgehead atoms. The Morgan fingerprint density at radius 3 is 2.72 bits per heavy atom. The van der Waals surface area contributed by atoms with Gasteiger partial charge < -0.3 is 45.5 Å². The van der Waals surface area contributed by atoms with Gasteiger partial charge in [0, 0.05) is 36.1 Å². The van der Waals surface area contributed by atoms with E-state index in [9.17, 15) is 23.9 Å². The number of anilines is 1. The first-order valence-electron chi connectivity index (χ1n) is 14.8. The minimum atomic E-state index is -5.12. The third-order valence-corrected chi connectivity index (χ3v) is 8.35. The molecular weight excluding hydrogens is 653 g/mol. The van der Waals surface area contributed by atoms with E-state index in [2.05, 4.69) is 30.6 Å². The second-order valence-electron chi connectivity index (χ2n) is 10.5. The van der Waals surface area contributed by atoms with Crippen LogP contribution in [-0.4, -0.2) is 71.8 Å². The number of aromatic nitrogens is 6. The van der Waals surface area contributed by atoms with Crippen LogP contribution in [0.15, 0.2) is 48.4 Å². The molecule has 1 unspecified atom stereocenters. The molecule has 0 aromatic carbocycles. The number of quaternary nitrogens is 1. The number of thiazole rings is 1. The molecule has 17 nitrogen and oxygen atoms in total. The molecule has 1 atom stereocenters. The lowest BCUT2D eigenvalue weighted by atomic mass is 9.89. The first-order valence-corrected chi connectivity index (χ1v) is 17.2. The van der Waals surface area contributed by atoms with Crippen molar-refractivity contribution in [2.24, 2.45) is 5.73 Å². The molecule has 1 saturated carbocycles. The number of hydrogen-bond acceptors (Lipinski definition) is 13. The van der Waals surface area contributed by atoms with Crippen LogP contribution in [0.4, 0.5) is 5.69 Å². The lowest BCUT2D eigenvalue weighted by molar-refractivity contribution is -0.368. The Bertz CT molecular complexity index is 1650. The van der Waals surface area contributed by atoms with Crippen molar-refractivity contribution in [3.63, 3.8) is 0 Å². The highest BCUT2D eigenvalue weighted by atomic mass is 32.1. The highest BCUT2D eigenvalue weighted by Gasteiger charge is 2.32. The Morgan fingerprint density at radius 2 is 2.06 bits per heavy atom. The number of unbranched alkanes of at least 4 members (excludes halogenated alkanes) is 1. The molecule has 1 amide bonds. The maximum Gasteiger partial charge on any atom is 0.320 e. The van der Waals surface area contributed by atoms with Crippen molar-refractivity contribution in [3.8, 4) is 22.0 Å². The molecule has 7 N–H and O–H groups in total. The number of aliphatic carboxylic acids is 1. The Morgan fingerprint density at radius 1 is 1.28 bits per heavy atom. The van der Waals surface area contributed by atoms with E-state index in [0.717, 1.165) is 36.9 Å². The Balaban J connectivity index is 0.000000434. The number of carbonyl (C=O) groups is 2. The lowest BCUT2D eigenvalue weighted by Crippen LogP contribution is -2.50. The molecule has 5 rings (SSSR count). The zero-order valence-electron chi connectivity index (χ0n) is 25.6. The number of amides is 1. The maximum absolute atomic E-state index is 13.1. The van der Waals surface area contributed by atoms with Gasteiger partial charge in [0.2, 0.25) is 0 Å². The summed E-state index contributed by atoms with van der Waals surface area (Å²) in [4.78, 5) is 53.3. The molecule has 1 fully saturated rings. The Labute approximate surface area is 274 Å². The number of nitrogens with zero attached hydrogens (tertiary/aromatic N) is 6. The molecule has 4 heterocycles. The quantitative estimate of drug-likeness (QED) is 0.0998. The number of pyridine rings is 1. The number of carbonyl (C=O) groups excluding carboxylic acids is 1. The van der Waals surface area contributed by atoms with Crippen LogP contribution in [0, 0.1) is 0 Å². The van der Waals surface area contributed by atoms with Gasteiger partial charge in [-0.2, -0.15) is 10.2 Å². The highest BCUT2D eigenvalue weighted by molar-refractivity contribution is 7.43. The second-order valence-corrected chi connectivity index (χ2v) is 12.6. The first kappa shape index (κ1) is 36.0. The van der Waals surface area contributed by atoms with E-state index in [1.54, 1.807) is 17.8 Å². The summed E-state index contributed by atoms with van der Waals surface area (Å²) in [6.45, 7) is 2.95. The Kier molecular flexibility index (Phi) is 12.9. The van der Waals surface area contributed by atoms with Crippen molar-refractivity contribution in [1.82, 2.24) is 29.5 Å². The van der Waals surface area contributed by atoms with Crippen LogP contribution in [0.25, 0.3) is 22.0 Å². The zero-order chi connectivity index (χ0) is 34.0. The van der Waals surface area contributed by atoms with Gasteiger partial charge in [-0.25, -0.2) is 9.67 Å². The smallest absolute Gasteiger partial charge is 0.320 e. The van der Waals surface area contributed by atoms with Crippen LogP contribution in [0.3, 0.4) is 0 Å². The van der Waals surface area contributed by atoms with Crippen LogP contribution < -0.4 is 26.6 Å². The van der Waals surface area contributed by atoms with Crippen LogP contribution in [0.5, 0.6) is 0 Å². The molecule has 0 radical (unpaired) electrons.